The first-order chi connectivity index (χ1) is 9.61. The Morgan fingerprint density at radius 3 is 2.65 bits per heavy atom. The summed E-state index contributed by atoms with van der Waals surface area (Å²) in [5.74, 6) is 2.01. The van der Waals surface area contributed by atoms with Gasteiger partial charge in [0.05, 0.1) is 13.2 Å². The van der Waals surface area contributed by atoms with Crippen molar-refractivity contribution in [1.29, 1.82) is 0 Å². The van der Waals surface area contributed by atoms with Gasteiger partial charge in [-0.05, 0) is 32.9 Å². The Labute approximate surface area is 119 Å². The summed E-state index contributed by atoms with van der Waals surface area (Å²) in [6, 6.07) is 0. The van der Waals surface area contributed by atoms with Crippen LogP contribution in [0.4, 0.5) is 0 Å². The Hall–Kier alpha value is -1.47. The van der Waals surface area contributed by atoms with Gasteiger partial charge in [0, 0.05) is 19.5 Å². The molecule has 7 nitrogen and oxygen atoms in total. The van der Waals surface area contributed by atoms with Crippen molar-refractivity contribution in [3.05, 3.63) is 11.6 Å². The molecule has 0 radical (unpaired) electrons. The minimum atomic E-state index is -0.00387. The van der Waals surface area contributed by atoms with Crippen LogP contribution in [0.2, 0.25) is 0 Å². The predicted molar refractivity (Wildman–Crippen MR) is 73.8 cm³/mol. The van der Waals surface area contributed by atoms with Crippen LogP contribution in [0.3, 0.4) is 0 Å². The molecule has 0 saturated carbocycles. The summed E-state index contributed by atoms with van der Waals surface area (Å²) in [5, 5.41) is 19.7. The molecule has 0 aliphatic carbocycles. The first-order valence-electron chi connectivity index (χ1n) is 7.07. The number of nitrogens with one attached hydrogen (secondary N) is 1. The van der Waals surface area contributed by atoms with Gasteiger partial charge in [0.1, 0.15) is 11.6 Å². The van der Waals surface area contributed by atoms with E-state index in [9.17, 15) is 4.79 Å². The van der Waals surface area contributed by atoms with Gasteiger partial charge in [0.15, 0.2) is 0 Å². The quantitative estimate of drug-likeness (QED) is 0.756. The first kappa shape index (κ1) is 14.9. The number of hydrogen-bond donors (Lipinski definition) is 2. The molecular formula is C13H23N5O2. The van der Waals surface area contributed by atoms with Crippen LogP contribution in [0.15, 0.2) is 0 Å². The molecular weight excluding hydrogens is 258 g/mol. The lowest BCUT2D eigenvalue weighted by Crippen LogP contribution is -2.41. The minimum absolute atomic E-state index is 0.00387. The maximum Gasteiger partial charge on any atom is 0.223 e. The number of aliphatic hydroxyl groups excluding tert-OH is 1. The van der Waals surface area contributed by atoms with E-state index in [1.54, 1.807) is 0 Å². The highest BCUT2D eigenvalue weighted by Gasteiger charge is 2.25. The molecule has 7 heteroatoms. The molecule has 1 fully saturated rings. The van der Waals surface area contributed by atoms with Crippen LogP contribution in [0, 0.1) is 12.8 Å². The number of carbonyl (C=O) groups is 1. The number of hydrogen-bond acceptors (Lipinski definition) is 5. The van der Waals surface area contributed by atoms with E-state index in [0.29, 0.717) is 6.54 Å². The Morgan fingerprint density at radius 2 is 2.10 bits per heavy atom. The third-order valence-electron chi connectivity index (χ3n) is 3.92. The zero-order valence-electron chi connectivity index (χ0n) is 12.2. The Kier molecular flexibility index (Phi) is 5.08. The van der Waals surface area contributed by atoms with Crippen molar-refractivity contribution in [3.8, 4) is 0 Å². The fraction of sp³-hybridized carbons (Fsp3) is 0.769. The normalized spacial score (nSPS) is 17.4. The number of amides is 1. The second-order valence-electron chi connectivity index (χ2n) is 5.29. The first-order valence-corrected chi connectivity index (χ1v) is 7.07. The Balaban J connectivity index is 1.79. The fourth-order valence-corrected chi connectivity index (χ4v) is 2.47. The molecule has 1 aromatic heterocycles. The van der Waals surface area contributed by atoms with E-state index < -0.39 is 0 Å². The zero-order valence-corrected chi connectivity index (χ0v) is 12.2. The van der Waals surface area contributed by atoms with Gasteiger partial charge in [-0.15, -0.1) is 10.2 Å². The van der Waals surface area contributed by atoms with Crippen LogP contribution in [0.5, 0.6) is 0 Å². The highest BCUT2D eigenvalue weighted by molar-refractivity contribution is 5.78. The largest absolute Gasteiger partial charge is 0.395 e. The molecule has 2 N–H and O–H groups in total. The third-order valence-corrected chi connectivity index (χ3v) is 3.92. The molecule has 1 aromatic rings. The van der Waals surface area contributed by atoms with Crippen LogP contribution in [-0.4, -0.2) is 56.9 Å². The number of carbonyl (C=O) groups excluding carboxylic acids is 1. The zero-order chi connectivity index (χ0) is 14.5. The molecule has 1 amide bonds. The van der Waals surface area contributed by atoms with Crippen molar-refractivity contribution >= 4 is 5.91 Å². The monoisotopic (exact) mass is 281 g/mol. The number of aryl methyl sites for hydroxylation is 1. The number of piperidine rings is 1. The average Bonchev–Trinajstić information content (AvgIpc) is 2.77. The van der Waals surface area contributed by atoms with Gasteiger partial charge in [-0.1, -0.05) is 0 Å². The minimum Gasteiger partial charge on any atom is -0.395 e. The molecule has 0 atom stereocenters. The van der Waals surface area contributed by atoms with Crippen LogP contribution >= 0.6 is 0 Å². The van der Waals surface area contributed by atoms with Crippen molar-refractivity contribution in [2.75, 3.05) is 26.2 Å². The van der Waals surface area contributed by atoms with Crippen molar-refractivity contribution in [2.45, 2.75) is 26.3 Å². The summed E-state index contributed by atoms with van der Waals surface area (Å²) in [6.07, 6.45) is 1.71. The number of likely N-dealkylation sites (tertiary alicyclic amines) is 1. The standard InChI is InChI=1S/C13H23N5O2/c1-10-15-16-12(17(10)2)9-18-6-3-11(4-7-18)13(20)14-5-8-19/h11,19H,3-9H2,1-2H3,(H,14,20). The molecule has 0 unspecified atom stereocenters. The average molecular weight is 281 g/mol. The summed E-state index contributed by atoms with van der Waals surface area (Å²) < 4.78 is 2.00. The van der Waals surface area contributed by atoms with Crippen LogP contribution in [0.1, 0.15) is 24.5 Å². The van der Waals surface area contributed by atoms with Gasteiger partial charge in [-0.3, -0.25) is 9.69 Å². The summed E-state index contributed by atoms with van der Waals surface area (Å²) in [6.45, 7) is 4.84. The van der Waals surface area contributed by atoms with Gasteiger partial charge in [-0.2, -0.15) is 0 Å². The Morgan fingerprint density at radius 1 is 1.40 bits per heavy atom. The smallest absolute Gasteiger partial charge is 0.223 e. The van der Waals surface area contributed by atoms with Crippen molar-refractivity contribution in [1.82, 2.24) is 25.0 Å². The Bertz CT molecular complexity index is 452. The molecule has 1 saturated heterocycles. The molecule has 2 heterocycles. The molecule has 112 valence electrons. The van der Waals surface area contributed by atoms with Crippen molar-refractivity contribution in [2.24, 2.45) is 13.0 Å². The van der Waals surface area contributed by atoms with E-state index in [4.69, 9.17) is 5.11 Å². The van der Waals surface area contributed by atoms with Crippen LogP contribution in [-0.2, 0) is 18.4 Å². The number of aromatic nitrogens is 3. The van der Waals surface area contributed by atoms with Gasteiger partial charge < -0.3 is 15.0 Å². The van der Waals surface area contributed by atoms with Crippen LogP contribution < -0.4 is 5.32 Å². The molecule has 0 bridgehead atoms. The molecule has 2 rings (SSSR count). The van der Waals surface area contributed by atoms with E-state index in [1.807, 2.05) is 18.5 Å². The second kappa shape index (κ2) is 6.81. The van der Waals surface area contributed by atoms with E-state index in [1.165, 1.54) is 0 Å². The second-order valence-corrected chi connectivity index (χ2v) is 5.29. The maximum atomic E-state index is 11.8. The topological polar surface area (TPSA) is 83.3 Å². The van der Waals surface area contributed by atoms with Gasteiger partial charge >= 0.3 is 0 Å². The summed E-state index contributed by atoms with van der Waals surface area (Å²) >= 11 is 0. The van der Waals surface area contributed by atoms with Crippen molar-refractivity contribution < 1.29 is 9.90 Å². The van der Waals surface area contributed by atoms with E-state index in [-0.39, 0.29) is 18.4 Å². The van der Waals surface area contributed by atoms with E-state index in [0.717, 1.165) is 44.1 Å². The summed E-state index contributed by atoms with van der Waals surface area (Å²) in [4.78, 5) is 14.1. The summed E-state index contributed by atoms with van der Waals surface area (Å²) in [7, 11) is 1.97. The maximum absolute atomic E-state index is 11.8. The van der Waals surface area contributed by atoms with Crippen molar-refractivity contribution in [3.63, 3.8) is 0 Å². The molecule has 0 aromatic carbocycles. The fourth-order valence-electron chi connectivity index (χ4n) is 2.47. The number of rotatable bonds is 5. The predicted octanol–water partition coefficient (Wildman–Crippen LogP) is -0.556. The third kappa shape index (κ3) is 3.55. The van der Waals surface area contributed by atoms with Gasteiger partial charge in [0.2, 0.25) is 5.91 Å². The van der Waals surface area contributed by atoms with Crippen LogP contribution in [0.25, 0.3) is 0 Å². The molecule has 1 aliphatic rings. The SMILES string of the molecule is Cc1nnc(CN2CCC(C(=O)NCCO)CC2)n1C. The van der Waals surface area contributed by atoms with Gasteiger partial charge in [0.25, 0.3) is 0 Å². The van der Waals surface area contributed by atoms with Gasteiger partial charge in [-0.25, -0.2) is 0 Å². The number of nitrogens with zero attached hydrogens (tertiary/aromatic N) is 4. The molecule has 20 heavy (non-hydrogen) atoms. The highest BCUT2D eigenvalue weighted by Crippen LogP contribution is 2.18. The van der Waals surface area contributed by atoms with E-state index in [2.05, 4.69) is 20.4 Å². The van der Waals surface area contributed by atoms with E-state index >= 15 is 0 Å². The highest BCUT2D eigenvalue weighted by atomic mass is 16.3. The molecule has 1 aliphatic heterocycles. The lowest BCUT2D eigenvalue weighted by atomic mass is 9.96. The lowest BCUT2D eigenvalue weighted by molar-refractivity contribution is -0.126. The summed E-state index contributed by atoms with van der Waals surface area (Å²) in [5.41, 5.74) is 0. The molecule has 0 spiro atoms. The lowest BCUT2D eigenvalue weighted by Gasteiger charge is -2.30. The number of aliphatic hydroxyl groups is 1.